The van der Waals surface area contributed by atoms with E-state index in [0.717, 1.165) is 15.9 Å². The molecule has 0 aromatic carbocycles. The second-order valence-corrected chi connectivity index (χ2v) is 5.11. The van der Waals surface area contributed by atoms with Gasteiger partial charge in [0.05, 0.1) is 16.7 Å². The SMILES string of the molecule is Cc1cc(N)nc(Cn2c(C)c(Br)c(C)nc2=O)n1. The van der Waals surface area contributed by atoms with E-state index in [1.807, 2.05) is 13.8 Å². The van der Waals surface area contributed by atoms with Gasteiger partial charge in [0.25, 0.3) is 0 Å². The van der Waals surface area contributed by atoms with Crippen LogP contribution in [0.3, 0.4) is 0 Å². The highest BCUT2D eigenvalue weighted by Crippen LogP contribution is 2.17. The summed E-state index contributed by atoms with van der Waals surface area (Å²) in [4.78, 5) is 24.3. The van der Waals surface area contributed by atoms with Crippen molar-refractivity contribution in [2.24, 2.45) is 0 Å². The van der Waals surface area contributed by atoms with E-state index in [9.17, 15) is 4.79 Å². The predicted octanol–water partition coefficient (Wildman–Crippen LogP) is 1.35. The van der Waals surface area contributed by atoms with Crippen molar-refractivity contribution in [1.82, 2.24) is 19.5 Å². The molecular formula is C12H14BrN5O. The number of hydrogen-bond acceptors (Lipinski definition) is 5. The van der Waals surface area contributed by atoms with Crippen LogP contribution < -0.4 is 11.4 Å². The molecular weight excluding hydrogens is 310 g/mol. The van der Waals surface area contributed by atoms with Crippen LogP contribution in [0.2, 0.25) is 0 Å². The van der Waals surface area contributed by atoms with Crippen molar-refractivity contribution >= 4 is 21.7 Å². The molecule has 0 spiro atoms. The average molecular weight is 324 g/mol. The Bertz CT molecular complexity index is 675. The van der Waals surface area contributed by atoms with Gasteiger partial charge < -0.3 is 5.73 Å². The number of aromatic nitrogens is 4. The van der Waals surface area contributed by atoms with Crippen LogP contribution in [0, 0.1) is 20.8 Å². The zero-order chi connectivity index (χ0) is 14.2. The number of rotatable bonds is 2. The lowest BCUT2D eigenvalue weighted by Crippen LogP contribution is -2.27. The van der Waals surface area contributed by atoms with Crippen LogP contribution in [0.1, 0.15) is 22.9 Å². The number of halogens is 1. The number of nitrogens with two attached hydrogens (primary N) is 1. The Morgan fingerprint density at radius 1 is 1.26 bits per heavy atom. The third kappa shape index (κ3) is 2.81. The van der Waals surface area contributed by atoms with E-state index in [4.69, 9.17) is 5.73 Å². The van der Waals surface area contributed by atoms with E-state index in [0.29, 0.717) is 17.3 Å². The summed E-state index contributed by atoms with van der Waals surface area (Å²) in [5.74, 6) is 0.896. The van der Waals surface area contributed by atoms with E-state index in [1.54, 1.807) is 13.0 Å². The quantitative estimate of drug-likeness (QED) is 0.901. The fourth-order valence-electron chi connectivity index (χ4n) is 1.83. The van der Waals surface area contributed by atoms with Crippen molar-refractivity contribution in [3.8, 4) is 0 Å². The monoisotopic (exact) mass is 323 g/mol. The molecule has 0 radical (unpaired) electrons. The molecule has 100 valence electrons. The average Bonchev–Trinajstić information content (AvgIpc) is 2.31. The van der Waals surface area contributed by atoms with Crippen LogP contribution in [-0.2, 0) is 6.54 Å². The maximum absolute atomic E-state index is 11.9. The smallest absolute Gasteiger partial charge is 0.348 e. The maximum atomic E-state index is 11.9. The fourth-order valence-corrected chi connectivity index (χ4v) is 2.13. The number of nitrogen functional groups attached to an aromatic ring is 1. The van der Waals surface area contributed by atoms with Gasteiger partial charge in [-0.15, -0.1) is 0 Å². The lowest BCUT2D eigenvalue weighted by molar-refractivity contribution is 0.658. The Hall–Kier alpha value is -1.76. The van der Waals surface area contributed by atoms with Crippen molar-refractivity contribution in [2.75, 3.05) is 5.73 Å². The van der Waals surface area contributed by atoms with Gasteiger partial charge in [0, 0.05) is 17.5 Å². The van der Waals surface area contributed by atoms with E-state index >= 15 is 0 Å². The number of nitrogens with zero attached hydrogens (tertiary/aromatic N) is 4. The van der Waals surface area contributed by atoms with Crippen molar-refractivity contribution in [3.63, 3.8) is 0 Å². The first-order chi connectivity index (χ1) is 8.88. The van der Waals surface area contributed by atoms with Crippen LogP contribution in [0.15, 0.2) is 15.3 Å². The molecule has 7 heteroatoms. The van der Waals surface area contributed by atoms with Gasteiger partial charge in [0.2, 0.25) is 0 Å². The van der Waals surface area contributed by atoms with Crippen molar-refractivity contribution < 1.29 is 0 Å². The number of aryl methyl sites for hydroxylation is 2. The first kappa shape index (κ1) is 13.7. The lowest BCUT2D eigenvalue weighted by Gasteiger charge is -2.11. The van der Waals surface area contributed by atoms with E-state index in [-0.39, 0.29) is 12.2 Å². The highest BCUT2D eigenvalue weighted by Gasteiger charge is 2.11. The van der Waals surface area contributed by atoms with Gasteiger partial charge in [-0.1, -0.05) is 0 Å². The summed E-state index contributed by atoms with van der Waals surface area (Å²) in [6.07, 6.45) is 0. The minimum Gasteiger partial charge on any atom is -0.384 e. The molecule has 0 aliphatic heterocycles. The second kappa shape index (κ2) is 5.08. The summed E-state index contributed by atoms with van der Waals surface area (Å²) in [6, 6.07) is 1.68. The Morgan fingerprint density at radius 3 is 2.58 bits per heavy atom. The van der Waals surface area contributed by atoms with Crippen molar-refractivity contribution in [1.29, 1.82) is 0 Å². The molecule has 0 aliphatic carbocycles. The number of hydrogen-bond donors (Lipinski definition) is 1. The largest absolute Gasteiger partial charge is 0.384 e. The Labute approximate surface area is 118 Å². The van der Waals surface area contributed by atoms with Gasteiger partial charge in [-0.3, -0.25) is 4.57 Å². The minimum absolute atomic E-state index is 0.252. The number of anilines is 1. The van der Waals surface area contributed by atoms with Gasteiger partial charge in [-0.05, 0) is 36.7 Å². The Kier molecular flexibility index (Phi) is 3.66. The first-order valence-corrected chi connectivity index (χ1v) is 6.51. The van der Waals surface area contributed by atoms with Crippen LogP contribution >= 0.6 is 15.9 Å². The summed E-state index contributed by atoms with van der Waals surface area (Å²) in [6.45, 7) is 5.71. The van der Waals surface area contributed by atoms with Crippen LogP contribution in [0.5, 0.6) is 0 Å². The highest BCUT2D eigenvalue weighted by atomic mass is 79.9. The Balaban J connectivity index is 2.49. The molecule has 0 atom stereocenters. The van der Waals surface area contributed by atoms with Gasteiger partial charge in [0.1, 0.15) is 5.82 Å². The molecule has 2 N–H and O–H groups in total. The fraction of sp³-hybridized carbons (Fsp3) is 0.333. The summed E-state index contributed by atoms with van der Waals surface area (Å²) in [7, 11) is 0. The highest BCUT2D eigenvalue weighted by molar-refractivity contribution is 9.10. The van der Waals surface area contributed by atoms with E-state index < -0.39 is 0 Å². The molecule has 0 saturated carbocycles. The third-order valence-corrected chi connectivity index (χ3v) is 3.90. The van der Waals surface area contributed by atoms with Crippen molar-refractivity contribution in [3.05, 3.63) is 43.9 Å². The standard InChI is InChI=1S/C12H14BrN5O/c1-6-4-9(14)17-10(15-6)5-18-8(3)11(13)7(2)16-12(18)19/h4H,5H2,1-3H3,(H2,14,15,17). The van der Waals surface area contributed by atoms with Gasteiger partial charge in [0.15, 0.2) is 5.82 Å². The molecule has 0 bridgehead atoms. The molecule has 2 heterocycles. The molecule has 2 rings (SSSR count). The molecule has 0 unspecified atom stereocenters. The summed E-state index contributed by atoms with van der Waals surface area (Å²) in [5, 5.41) is 0. The van der Waals surface area contributed by atoms with E-state index in [2.05, 4.69) is 30.9 Å². The molecule has 0 aliphatic rings. The topological polar surface area (TPSA) is 86.7 Å². The van der Waals surface area contributed by atoms with Crippen molar-refractivity contribution in [2.45, 2.75) is 27.3 Å². The molecule has 6 nitrogen and oxygen atoms in total. The first-order valence-electron chi connectivity index (χ1n) is 5.72. The Morgan fingerprint density at radius 2 is 1.95 bits per heavy atom. The molecule has 0 amide bonds. The molecule has 2 aromatic rings. The van der Waals surface area contributed by atoms with Gasteiger partial charge >= 0.3 is 5.69 Å². The summed E-state index contributed by atoms with van der Waals surface area (Å²) >= 11 is 3.42. The van der Waals surface area contributed by atoms with Gasteiger partial charge in [-0.2, -0.15) is 4.98 Å². The molecule has 0 saturated heterocycles. The maximum Gasteiger partial charge on any atom is 0.348 e. The normalized spacial score (nSPS) is 10.7. The van der Waals surface area contributed by atoms with Gasteiger partial charge in [-0.25, -0.2) is 14.8 Å². The molecule has 2 aromatic heterocycles. The molecule has 19 heavy (non-hydrogen) atoms. The third-order valence-electron chi connectivity index (χ3n) is 2.75. The predicted molar refractivity (Wildman–Crippen MR) is 76.0 cm³/mol. The summed E-state index contributed by atoms with van der Waals surface area (Å²) in [5.41, 5.74) is 7.60. The van der Waals surface area contributed by atoms with Crippen LogP contribution in [-0.4, -0.2) is 19.5 Å². The second-order valence-electron chi connectivity index (χ2n) is 4.32. The zero-order valence-corrected chi connectivity index (χ0v) is 12.5. The van der Waals surface area contributed by atoms with E-state index in [1.165, 1.54) is 4.57 Å². The molecule has 0 fully saturated rings. The minimum atomic E-state index is -0.318. The summed E-state index contributed by atoms with van der Waals surface area (Å²) < 4.78 is 2.33. The van der Waals surface area contributed by atoms with Crippen LogP contribution in [0.25, 0.3) is 0 Å². The zero-order valence-electron chi connectivity index (χ0n) is 10.9. The van der Waals surface area contributed by atoms with Crippen LogP contribution in [0.4, 0.5) is 5.82 Å². The lowest BCUT2D eigenvalue weighted by atomic mass is 10.3.